The van der Waals surface area contributed by atoms with E-state index in [2.05, 4.69) is 41.0 Å². The van der Waals surface area contributed by atoms with E-state index >= 15 is 0 Å². The van der Waals surface area contributed by atoms with Gasteiger partial charge in [-0.2, -0.15) is 14.0 Å². The maximum absolute atomic E-state index is 13.3. The molecule has 0 spiro atoms. The van der Waals surface area contributed by atoms with Crippen LogP contribution in [0.2, 0.25) is 0 Å². The molecule has 0 saturated heterocycles. The van der Waals surface area contributed by atoms with Crippen molar-refractivity contribution in [1.82, 2.24) is 18.1 Å². The molecule has 140 valence electrons. The number of nitrogens with zero attached hydrogens (tertiary/aromatic N) is 5. The van der Waals surface area contributed by atoms with E-state index in [1.54, 1.807) is 13.1 Å². The van der Waals surface area contributed by atoms with Crippen molar-refractivity contribution in [2.45, 2.75) is 6.92 Å². The molecule has 3 heterocycles. The molecule has 0 aliphatic carbocycles. The second-order valence-electron chi connectivity index (χ2n) is 6.46. The van der Waals surface area contributed by atoms with E-state index in [-0.39, 0.29) is 5.56 Å². The predicted molar refractivity (Wildman–Crippen MR) is 117 cm³/mol. The highest BCUT2D eigenvalue weighted by Crippen LogP contribution is 2.27. The highest BCUT2D eigenvalue weighted by atomic mass is 79.9. The number of hydrogen-bond acceptors (Lipinski definition) is 7. The lowest BCUT2D eigenvalue weighted by atomic mass is 10.1. The van der Waals surface area contributed by atoms with Gasteiger partial charge in [-0.15, -0.1) is 0 Å². The second-order valence-corrected chi connectivity index (χ2v) is 7.85. The van der Waals surface area contributed by atoms with Crippen molar-refractivity contribution in [3.63, 3.8) is 0 Å². The highest BCUT2D eigenvalue weighted by molar-refractivity contribution is 9.10. The first-order valence-corrected chi connectivity index (χ1v) is 10.1. The molecule has 0 unspecified atom stereocenters. The number of hydrogen-bond donors (Lipinski definition) is 1. The minimum absolute atomic E-state index is 0.231. The molecule has 0 fully saturated rings. The zero-order valence-corrected chi connectivity index (χ0v) is 17.4. The van der Waals surface area contributed by atoms with E-state index in [1.165, 1.54) is 4.40 Å². The van der Waals surface area contributed by atoms with Crippen molar-refractivity contribution >= 4 is 67.3 Å². The Morgan fingerprint density at radius 2 is 1.97 bits per heavy atom. The van der Waals surface area contributed by atoms with Crippen LogP contribution in [0, 0.1) is 18.3 Å². The first-order valence-electron chi connectivity index (χ1n) is 8.61. The summed E-state index contributed by atoms with van der Waals surface area (Å²) in [4.78, 5) is 17.8. The minimum Gasteiger partial charge on any atom is -0.360 e. The van der Waals surface area contributed by atoms with Gasteiger partial charge in [-0.05, 0) is 52.7 Å². The van der Waals surface area contributed by atoms with Crippen LogP contribution in [0.15, 0.2) is 45.7 Å². The Labute approximate surface area is 176 Å². The van der Waals surface area contributed by atoms with Crippen LogP contribution in [0.25, 0.3) is 33.9 Å². The molecule has 0 aliphatic heterocycles. The largest absolute Gasteiger partial charge is 0.360 e. The van der Waals surface area contributed by atoms with Gasteiger partial charge in [0, 0.05) is 10.7 Å². The van der Waals surface area contributed by atoms with Crippen LogP contribution in [-0.2, 0) is 0 Å². The average molecular weight is 463 g/mol. The Morgan fingerprint density at radius 1 is 1.21 bits per heavy atom. The zero-order valence-electron chi connectivity index (χ0n) is 15.0. The van der Waals surface area contributed by atoms with Crippen LogP contribution in [0.4, 0.5) is 5.69 Å². The number of benzene rings is 2. The fourth-order valence-electron chi connectivity index (χ4n) is 3.35. The molecule has 0 radical (unpaired) electrons. The van der Waals surface area contributed by atoms with Crippen LogP contribution < -0.4 is 16.1 Å². The number of fused-ring (bicyclic) bond motifs is 4. The minimum atomic E-state index is -0.231. The molecule has 2 aromatic carbocycles. The number of anilines is 1. The van der Waals surface area contributed by atoms with Gasteiger partial charge in [-0.1, -0.05) is 12.1 Å². The van der Waals surface area contributed by atoms with Gasteiger partial charge in [0.25, 0.3) is 5.56 Å². The van der Waals surface area contributed by atoms with Gasteiger partial charge < -0.3 is 5.32 Å². The fraction of sp³-hybridized carbons (Fsp3) is 0.0500. The summed E-state index contributed by atoms with van der Waals surface area (Å²) in [6.07, 6.45) is 1.62. The molecular formula is C20H11BrN6OS. The summed E-state index contributed by atoms with van der Waals surface area (Å²) in [7, 11) is 0. The Hall–Kier alpha value is -3.35. The lowest BCUT2D eigenvalue weighted by Gasteiger charge is -2.06. The van der Waals surface area contributed by atoms with Crippen molar-refractivity contribution in [3.8, 4) is 6.07 Å². The first kappa shape index (κ1) is 17.7. The number of nitriles is 1. The van der Waals surface area contributed by atoms with Crippen molar-refractivity contribution in [2.75, 3.05) is 5.32 Å². The lowest BCUT2D eigenvalue weighted by Crippen LogP contribution is -2.34. The highest BCUT2D eigenvalue weighted by Gasteiger charge is 2.16. The van der Waals surface area contributed by atoms with E-state index in [0.717, 1.165) is 32.9 Å². The van der Waals surface area contributed by atoms with Gasteiger partial charge in [-0.3, -0.25) is 9.20 Å². The molecule has 1 N–H and O–H groups in total. The van der Waals surface area contributed by atoms with Crippen molar-refractivity contribution in [3.05, 3.63) is 67.6 Å². The number of imidazole rings is 1. The molecule has 0 amide bonds. The van der Waals surface area contributed by atoms with Gasteiger partial charge in [0.15, 0.2) is 5.65 Å². The smallest absolute Gasteiger partial charge is 0.265 e. The average Bonchev–Trinajstić information content (AvgIpc) is 3.32. The van der Waals surface area contributed by atoms with Crippen LogP contribution in [0.5, 0.6) is 0 Å². The molecular weight excluding hydrogens is 452 g/mol. The SMILES string of the molecule is Cc1c(C#N)c2nc3ccccc3n2c(=O)/c1=C\Nc1cc2nsnc2cc1Br. The quantitative estimate of drug-likeness (QED) is 0.432. The zero-order chi connectivity index (χ0) is 20.1. The van der Waals surface area contributed by atoms with E-state index in [0.29, 0.717) is 33.0 Å². The molecule has 29 heavy (non-hydrogen) atoms. The fourth-order valence-corrected chi connectivity index (χ4v) is 4.31. The van der Waals surface area contributed by atoms with Crippen molar-refractivity contribution in [2.24, 2.45) is 0 Å². The number of nitrogens with one attached hydrogen (secondary N) is 1. The summed E-state index contributed by atoms with van der Waals surface area (Å²) in [5, 5.41) is 13.3. The van der Waals surface area contributed by atoms with E-state index in [1.807, 2.05) is 36.4 Å². The van der Waals surface area contributed by atoms with Gasteiger partial charge in [0.05, 0.1) is 39.2 Å². The van der Waals surface area contributed by atoms with Gasteiger partial charge in [0.2, 0.25) is 0 Å². The van der Waals surface area contributed by atoms with Gasteiger partial charge in [0.1, 0.15) is 17.1 Å². The molecule has 5 rings (SSSR count). The Balaban J connectivity index is 1.77. The van der Waals surface area contributed by atoms with E-state index in [4.69, 9.17) is 0 Å². The van der Waals surface area contributed by atoms with Gasteiger partial charge >= 0.3 is 0 Å². The second kappa shape index (κ2) is 6.62. The monoisotopic (exact) mass is 462 g/mol. The van der Waals surface area contributed by atoms with Crippen LogP contribution >= 0.6 is 27.7 Å². The standard InChI is InChI=1S/C20H11BrN6OS/c1-10-11(8-22)19-24-14-4-2-3-5-18(14)27(19)20(28)12(10)9-23-15-7-17-16(6-13(15)21)25-29-26-17/h2-7,9,23H,1H3/b12-9-. The summed E-state index contributed by atoms with van der Waals surface area (Å²) in [5.74, 6) is 0. The van der Waals surface area contributed by atoms with Crippen LogP contribution in [-0.4, -0.2) is 18.1 Å². The third-order valence-electron chi connectivity index (χ3n) is 4.82. The Morgan fingerprint density at radius 3 is 2.76 bits per heavy atom. The molecule has 0 bridgehead atoms. The van der Waals surface area contributed by atoms with Gasteiger partial charge in [-0.25, -0.2) is 4.98 Å². The summed E-state index contributed by atoms with van der Waals surface area (Å²) in [5.41, 5.74) is 4.78. The third kappa shape index (κ3) is 2.68. The molecule has 5 aromatic rings. The third-order valence-corrected chi connectivity index (χ3v) is 6.04. The number of aromatic nitrogens is 4. The number of para-hydroxylation sites is 2. The summed E-state index contributed by atoms with van der Waals surface area (Å²) >= 11 is 4.66. The molecule has 0 saturated carbocycles. The van der Waals surface area contributed by atoms with E-state index < -0.39 is 0 Å². The lowest BCUT2D eigenvalue weighted by molar-refractivity contribution is 1.10. The summed E-state index contributed by atoms with van der Waals surface area (Å²) < 4.78 is 10.8. The molecule has 0 aliphatic rings. The normalized spacial score (nSPS) is 12.1. The van der Waals surface area contributed by atoms with Crippen molar-refractivity contribution in [1.29, 1.82) is 5.26 Å². The first-order chi connectivity index (χ1) is 14.1. The summed E-state index contributed by atoms with van der Waals surface area (Å²) in [6.45, 7) is 1.76. The molecule has 0 atom stereocenters. The number of rotatable bonds is 2. The summed E-state index contributed by atoms with van der Waals surface area (Å²) in [6, 6.07) is 13.3. The van der Waals surface area contributed by atoms with E-state index in [9.17, 15) is 10.1 Å². The predicted octanol–water partition coefficient (Wildman–Crippen LogP) is 3.36. The maximum Gasteiger partial charge on any atom is 0.265 e. The molecule has 9 heteroatoms. The van der Waals surface area contributed by atoms with Crippen molar-refractivity contribution < 1.29 is 0 Å². The molecule has 3 aromatic heterocycles. The number of pyridine rings is 1. The maximum atomic E-state index is 13.3. The Kier molecular flexibility index (Phi) is 4.04. The number of halogens is 1. The van der Waals surface area contributed by atoms with Crippen LogP contribution in [0.3, 0.4) is 0 Å². The Bertz CT molecular complexity index is 1600. The molecule has 7 nitrogen and oxygen atoms in total. The van der Waals surface area contributed by atoms with Crippen LogP contribution in [0.1, 0.15) is 11.1 Å². The topological polar surface area (TPSA) is 96.0 Å².